The summed E-state index contributed by atoms with van der Waals surface area (Å²) in [7, 11) is 1.69. The fraction of sp³-hybridized carbons (Fsp3) is 0.273. The minimum Gasteiger partial charge on any atom is -0.356 e. The summed E-state index contributed by atoms with van der Waals surface area (Å²) in [4.78, 5) is 4.22. The summed E-state index contributed by atoms with van der Waals surface area (Å²) in [5.74, 6) is -0.492. The average Bonchev–Trinajstić information content (AvgIpc) is 3.24. The van der Waals surface area contributed by atoms with Crippen LogP contribution in [-0.2, 0) is 6.42 Å². The van der Waals surface area contributed by atoms with Gasteiger partial charge < -0.3 is 10.6 Å². The number of guanidine groups is 1. The van der Waals surface area contributed by atoms with Gasteiger partial charge in [0.15, 0.2) is 5.96 Å². The molecule has 0 aliphatic heterocycles. The number of hydrogen-bond donors (Lipinski definition) is 2. The van der Waals surface area contributed by atoms with E-state index in [0.29, 0.717) is 18.9 Å². The van der Waals surface area contributed by atoms with Gasteiger partial charge in [-0.1, -0.05) is 18.2 Å². The normalized spacial score (nSPS) is 17.9. The fourth-order valence-corrected chi connectivity index (χ4v) is 3.47. The van der Waals surface area contributed by atoms with Gasteiger partial charge in [0.1, 0.15) is 11.6 Å². The van der Waals surface area contributed by atoms with Crippen molar-refractivity contribution in [2.24, 2.45) is 4.99 Å². The molecule has 2 unspecified atom stereocenters. The first kappa shape index (κ1) is 22.2. The molecule has 1 aliphatic carbocycles. The van der Waals surface area contributed by atoms with Crippen LogP contribution in [-0.4, -0.2) is 35.4 Å². The molecule has 30 heavy (non-hydrogen) atoms. The Bertz CT molecular complexity index is 969. The van der Waals surface area contributed by atoms with Crippen molar-refractivity contribution < 1.29 is 8.78 Å². The molecule has 1 aliphatic rings. The number of nitrogens with one attached hydrogen (secondary N) is 2. The molecule has 4 rings (SSSR count). The Morgan fingerprint density at radius 1 is 1.13 bits per heavy atom. The minimum absolute atomic E-state index is 0. The molecule has 0 bridgehead atoms. The molecule has 2 N–H and O–H groups in total. The van der Waals surface area contributed by atoms with Gasteiger partial charge >= 0.3 is 0 Å². The third-order valence-corrected chi connectivity index (χ3v) is 5.12. The SMILES string of the molecule is CN=C(NCCc1ccc(-n2cccn2)cc1)NC1CC1c1c(F)cccc1F.I. The average molecular weight is 523 g/mol. The van der Waals surface area contributed by atoms with Crippen molar-refractivity contribution >= 4 is 29.9 Å². The van der Waals surface area contributed by atoms with Crippen molar-refractivity contribution in [3.8, 4) is 5.69 Å². The summed E-state index contributed by atoms with van der Waals surface area (Å²) in [6, 6.07) is 14.1. The number of nitrogens with zero attached hydrogens (tertiary/aromatic N) is 3. The van der Waals surface area contributed by atoms with Crippen molar-refractivity contribution in [2.75, 3.05) is 13.6 Å². The molecule has 0 spiro atoms. The van der Waals surface area contributed by atoms with Crippen LogP contribution in [0.3, 0.4) is 0 Å². The van der Waals surface area contributed by atoms with E-state index in [4.69, 9.17) is 0 Å². The first-order valence-corrected chi connectivity index (χ1v) is 9.66. The van der Waals surface area contributed by atoms with E-state index in [0.717, 1.165) is 12.1 Å². The van der Waals surface area contributed by atoms with Crippen molar-refractivity contribution in [1.82, 2.24) is 20.4 Å². The molecule has 158 valence electrons. The van der Waals surface area contributed by atoms with E-state index in [2.05, 4.69) is 32.9 Å². The summed E-state index contributed by atoms with van der Waals surface area (Å²) >= 11 is 0. The number of aromatic nitrogens is 2. The van der Waals surface area contributed by atoms with Crippen LogP contribution < -0.4 is 10.6 Å². The molecule has 0 radical (unpaired) electrons. The van der Waals surface area contributed by atoms with Gasteiger partial charge in [0.05, 0.1) is 5.69 Å². The molecule has 1 fully saturated rings. The lowest BCUT2D eigenvalue weighted by Gasteiger charge is -2.12. The predicted octanol–water partition coefficient (Wildman–Crippen LogP) is 4.03. The van der Waals surface area contributed by atoms with Crippen molar-refractivity contribution in [3.63, 3.8) is 0 Å². The second-order valence-corrected chi connectivity index (χ2v) is 7.09. The van der Waals surface area contributed by atoms with Crippen LogP contribution in [0.25, 0.3) is 5.69 Å². The maximum absolute atomic E-state index is 13.9. The van der Waals surface area contributed by atoms with E-state index in [1.54, 1.807) is 13.2 Å². The molecule has 5 nitrogen and oxygen atoms in total. The lowest BCUT2D eigenvalue weighted by molar-refractivity contribution is 0.553. The van der Waals surface area contributed by atoms with Gasteiger partial charge in [-0.2, -0.15) is 5.10 Å². The Hall–Kier alpha value is -2.49. The molecule has 1 aromatic heterocycles. The minimum atomic E-state index is -0.485. The summed E-state index contributed by atoms with van der Waals surface area (Å²) < 4.78 is 29.7. The third kappa shape index (κ3) is 5.16. The number of rotatable bonds is 6. The zero-order chi connectivity index (χ0) is 20.2. The van der Waals surface area contributed by atoms with E-state index < -0.39 is 11.6 Å². The molecule has 1 heterocycles. The Balaban J connectivity index is 0.00000256. The molecular weight excluding hydrogens is 499 g/mol. The fourth-order valence-electron chi connectivity index (χ4n) is 3.47. The van der Waals surface area contributed by atoms with Gasteiger partial charge in [-0.25, -0.2) is 13.5 Å². The highest BCUT2D eigenvalue weighted by Crippen LogP contribution is 2.43. The molecule has 0 amide bonds. The molecule has 3 aromatic rings. The summed E-state index contributed by atoms with van der Waals surface area (Å²) in [5.41, 5.74) is 2.38. The van der Waals surface area contributed by atoms with E-state index in [-0.39, 0.29) is 41.5 Å². The Labute approximate surface area is 191 Å². The molecule has 1 saturated carbocycles. The first-order valence-electron chi connectivity index (χ1n) is 9.66. The standard InChI is InChI=1S/C22H23F2N5.HI/c1-25-22(28-20-14-17(20)21-18(23)4-2-5-19(21)24)26-12-10-15-6-8-16(9-7-15)29-13-3-11-27-29;/h2-9,11,13,17,20H,10,12,14H2,1H3,(H2,25,26,28);1H. The summed E-state index contributed by atoms with van der Waals surface area (Å²) in [5, 5.41) is 10.7. The smallest absolute Gasteiger partial charge is 0.191 e. The van der Waals surface area contributed by atoms with Crippen LogP contribution in [0.1, 0.15) is 23.5 Å². The van der Waals surface area contributed by atoms with E-state index >= 15 is 0 Å². The van der Waals surface area contributed by atoms with Crippen molar-refractivity contribution in [1.29, 1.82) is 0 Å². The van der Waals surface area contributed by atoms with Gasteiger partial charge in [-0.15, -0.1) is 24.0 Å². The van der Waals surface area contributed by atoms with Crippen LogP contribution in [0.15, 0.2) is 65.9 Å². The Morgan fingerprint density at radius 3 is 2.50 bits per heavy atom. The number of aliphatic imine (C=N–C) groups is 1. The van der Waals surface area contributed by atoms with Gasteiger partial charge in [0.2, 0.25) is 0 Å². The maximum Gasteiger partial charge on any atom is 0.191 e. The number of benzene rings is 2. The van der Waals surface area contributed by atoms with Crippen molar-refractivity contribution in [3.05, 3.63) is 83.7 Å². The topological polar surface area (TPSA) is 54.2 Å². The lowest BCUT2D eigenvalue weighted by atomic mass is 10.1. The lowest BCUT2D eigenvalue weighted by Crippen LogP contribution is -2.40. The second-order valence-electron chi connectivity index (χ2n) is 7.09. The van der Waals surface area contributed by atoms with Crippen LogP contribution in [0.4, 0.5) is 8.78 Å². The van der Waals surface area contributed by atoms with Crippen molar-refractivity contribution in [2.45, 2.75) is 24.8 Å². The molecule has 0 saturated heterocycles. The van der Waals surface area contributed by atoms with Crippen LogP contribution in [0.5, 0.6) is 0 Å². The van der Waals surface area contributed by atoms with Crippen LogP contribution >= 0.6 is 24.0 Å². The molecule has 2 aromatic carbocycles. The zero-order valence-electron chi connectivity index (χ0n) is 16.6. The third-order valence-electron chi connectivity index (χ3n) is 5.12. The first-order chi connectivity index (χ1) is 14.2. The van der Waals surface area contributed by atoms with Gasteiger partial charge in [-0.3, -0.25) is 4.99 Å². The van der Waals surface area contributed by atoms with Crippen LogP contribution in [0, 0.1) is 11.6 Å². The highest BCUT2D eigenvalue weighted by Gasteiger charge is 2.42. The maximum atomic E-state index is 13.9. The van der Waals surface area contributed by atoms with E-state index in [9.17, 15) is 8.78 Å². The highest BCUT2D eigenvalue weighted by molar-refractivity contribution is 14.0. The van der Waals surface area contributed by atoms with Gasteiger partial charge in [-0.05, 0) is 48.7 Å². The number of halogens is 3. The largest absolute Gasteiger partial charge is 0.356 e. The number of hydrogen-bond acceptors (Lipinski definition) is 2. The monoisotopic (exact) mass is 523 g/mol. The van der Waals surface area contributed by atoms with E-state index in [1.165, 1.54) is 23.8 Å². The van der Waals surface area contributed by atoms with E-state index in [1.807, 2.05) is 29.1 Å². The molecule has 2 atom stereocenters. The summed E-state index contributed by atoms with van der Waals surface area (Å²) in [6.45, 7) is 0.701. The Morgan fingerprint density at radius 2 is 1.87 bits per heavy atom. The zero-order valence-corrected chi connectivity index (χ0v) is 18.9. The molecule has 8 heteroatoms. The van der Waals surface area contributed by atoms with Gasteiger partial charge in [0.25, 0.3) is 0 Å². The quantitative estimate of drug-likeness (QED) is 0.292. The molecular formula is C22H24F2IN5. The van der Waals surface area contributed by atoms with Crippen LogP contribution in [0.2, 0.25) is 0 Å². The summed E-state index contributed by atoms with van der Waals surface area (Å²) in [6.07, 6.45) is 5.18. The predicted molar refractivity (Wildman–Crippen MR) is 125 cm³/mol. The second kappa shape index (κ2) is 10.0. The Kier molecular flexibility index (Phi) is 7.41. The highest BCUT2D eigenvalue weighted by atomic mass is 127. The van der Waals surface area contributed by atoms with Gasteiger partial charge in [0, 0.05) is 43.5 Å².